The van der Waals surface area contributed by atoms with E-state index in [9.17, 15) is 0 Å². The van der Waals surface area contributed by atoms with Crippen LogP contribution < -0.4 is 4.74 Å². The van der Waals surface area contributed by atoms with Gasteiger partial charge >= 0.3 is 0 Å². The van der Waals surface area contributed by atoms with E-state index in [2.05, 4.69) is 9.97 Å². The molecule has 5 heteroatoms. The summed E-state index contributed by atoms with van der Waals surface area (Å²) in [5.41, 5.74) is 5.94. The quantitative estimate of drug-likeness (QED) is 0.730. The third-order valence-electron chi connectivity index (χ3n) is 4.52. The van der Waals surface area contributed by atoms with Crippen molar-refractivity contribution in [1.82, 2.24) is 19.9 Å². The number of hydrogen-bond donors (Lipinski definition) is 0. The summed E-state index contributed by atoms with van der Waals surface area (Å²) in [5.74, 6) is 1.27. The number of methoxy groups -OCH3 is 1. The molecule has 0 saturated carbocycles. The van der Waals surface area contributed by atoms with Crippen LogP contribution in [0.4, 0.5) is 0 Å². The van der Waals surface area contributed by atoms with Gasteiger partial charge in [0.05, 0.1) is 18.4 Å². The Morgan fingerprint density at radius 2 is 1.84 bits per heavy atom. The van der Waals surface area contributed by atoms with Crippen molar-refractivity contribution in [3.05, 3.63) is 53.5 Å². The first kappa shape index (κ1) is 15.7. The molecule has 0 N–H and O–H groups in total. The Morgan fingerprint density at radius 1 is 0.960 bits per heavy atom. The smallest absolute Gasteiger partial charge is 0.222 e. The third-order valence-corrected chi connectivity index (χ3v) is 4.52. The Hall–Kier alpha value is -2.82. The van der Waals surface area contributed by atoms with Crippen LogP contribution in [0, 0.1) is 6.92 Å². The van der Waals surface area contributed by atoms with Gasteiger partial charge in [-0.1, -0.05) is 6.07 Å². The predicted molar refractivity (Wildman–Crippen MR) is 96.4 cm³/mol. The summed E-state index contributed by atoms with van der Waals surface area (Å²) in [4.78, 5) is 18.7. The molecule has 0 unspecified atom stereocenters. The highest BCUT2D eigenvalue weighted by Crippen LogP contribution is 2.34. The van der Waals surface area contributed by atoms with Crippen molar-refractivity contribution in [2.75, 3.05) is 7.11 Å². The summed E-state index contributed by atoms with van der Waals surface area (Å²) in [6, 6.07) is 9.86. The molecule has 3 aromatic heterocycles. The molecule has 5 nitrogen and oxygen atoms in total. The van der Waals surface area contributed by atoms with Gasteiger partial charge in [0.25, 0.3) is 0 Å². The Labute approximate surface area is 147 Å². The van der Waals surface area contributed by atoms with Gasteiger partial charge in [-0.25, -0.2) is 19.9 Å². The number of hydrogen-bond acceptors (Lipinski definition) is 5. The summed E-state index contributed by atoms with van der Waals surface area (Å²) in [7, 11) is 1.64. The number of fused-ring (bicyclic) bond motifs is 1. The van der Waals surface area contributed by atoms with E-state index in [1.165, 1.54) is 5.56 Å². The molecule has 0 saturated heterocycles. The topological polar surface area (TPSA) is 60.8 Å². The lowest BCUT2D eigenvalue weighted by Crippen LogP contribution is -2.11. The second kappa shape index (κ2) is 6.59. The van der Waals surface area contributed by atoms with Gasteiger partial charge in [-0.3, -0.25) is 0 Å². The SMILES string of the molecule is COc1ncccc1-c1nc(-c2cccc(C)n2)nc2c1CCCC2. The molecule has 0 radical (unpaired) electrons. The molecule has 0 spiro atoms. The zero-order valence-electron chi connectivity index (χ0n) is 14.5. The van der Waals surface area contributed by atoms with E-state index >= 15 is 0 Å². The molecule has 0 aliphatic heterocycles. The Kier molecular flexibility index (Phi) is 4.14. The lowest BCUT2D eigenvalue weighted by molar-refractivity contribution is 0.399. The van der Waals surface area contributed by atoms with Crippen molar-refractivity contribution in [1.29, 1.82) is 0 Å². The molecule has 4 rings (SSSR count). The first-order valence-corrected chi connectivity index (χ1v) is 8.59. The largest absolute Gasteiger partial charge is 0.481 e. The number of nitrogens with zero attached hydrogens (tertiary/aromatic N) is 4. The molecule has 0 fully saturated rings. The second-order valence-corrected chi connectivity index (χ2v) is 6.25. The average molecular weight is 332 g/mol. The summed E-state index contributed by atoms with van der Waals surface area (Å²) < 4.78 is 5.47. The lowest BCUT2D eigenvalue weighted by Gasteiger charge is -2.20. The fourth-order valence-corrected chi connectivity index (χ4v) is 3.33. The van der Waals surface area contributed by atoms with E-state index in [4.69, 9.17) is 14.7 Å². The summed E-state index contributed by atoms with van der Waals surface area (Å²) >= 11 is 0. The van der Waals surface area contributed by atoms with Gasteiger partial charge in [0.15, 0.2) is 5.82 Å². The van der Waals surface area contributed by atoms with Gasteiger partial charge in [0.2, 0.25) is 5.88 Å². The molecule has 3 aromatic rings. The number of rotatable bonds is 3. The first-order valence-electron chi connectivity index (χ1n) is 8.59. The molecular weight excluding hydrogens is 312 g/mol. The van der Waals surface area contributed by atoms with Crippen molar-refractivity contribution in [3.8, 4) is 28.7 Å². The van der Waals surface area contributed by atoms with Gasteiger partial charge < -0.3 is 4.74 Å². The van der Waals surface area contributed by atoms with E-state index in [0.717, 1.165) is 54.0 Å². The molecular formula is C20H20N4O. The second-order valence-electron chi connectivity index (χ2n) is 6.25. The molecule has 0 aromatic carbocycles. The minimum atomic E-state index is 0.595. The summed E-state index contributed by atoms with van der Waals surface area (Å²) in [5, 5.41) is 0. The Morgan fingerprint density at radius 3 is 2.68 bits per heavy atom. The van der Waals surface area contributed by atoms with Crippen molar-refractivity contribution < 1.29 is 4.74 Å². The fourth-order valence-electron chi connectivity index (χ4n) is 3.33. The van der Waals surface area contributed by atoms with Gasteiger partial charge in [-0.15, -0.1) is 0 Å². The van der Waals surface area contributed by atoms with E-state index < -0.39 is 0 Å². The van der Waals surface area contributed by atoms with Crippen molar-refractivity contribution >= 4 is 0 Å². The standard InChI is InChI=1S/C20H20N4O/c1-13-7-5-11-17(22-13)19-23-16-10-4-3-8-14(16)18(24-19)15-9-6-12-21-20(15)25-2/h5-7,9,11-12H,3-4,8,10H2,1-2H3. The van der Waals surface area contributed by atoms with E-state index in [-0.39, 0.29) is 0 Å². The number of aryl methyl sites for hydroxylation is 2. The molecule has 3 heterocycles. The molecule has 0 atom stereocenters. The van der Waals surface area contributed by atoms with Gasteiger partial charge in [-0.2, -0.15) is 0 Å². The van der Waals surface area contributed by atoms with Crippen LogP contribution in [0.5, 0.6) is 5.88 Å². The number of ether oxygens (including phenoxy) is 1. The fraction of sp³-hybridized carbons (Fsp3) is 0.300. The van der Waals surface area contributed by atoms with Crippen LogP contribution in [0.25, 0.3) is 22.8 Å². The van der Waals surface area contributed by atoms with Crippen LogP contribution in [-0.4, -0.2) is 27.0 Å². The van der Waals surface area contributed by atoms with Gasteiger partial charge in [-0.05, 0) is 56.9 Å². The predicted octanol–water partition coefficient (Wildman–Crippen LogP) is 3.80. The average Bonchev–Trinajstić information content (AvgIpc) is 2.67. The van der Waals surface area contributed by atoms with Crippen LogP contribution in [0.15, 0.2) is 36.5 Å². The van der Waals surface area contributed by atoms with Crippen LogP contribution >= 0.6 is 0 Å². The zero-order valence-corrected chi connectivity index (χ0v) is 14.5. The molecule has 0 amide bonds. The number of pyridine rings is 2. The van der Waals surface area contributed by atoms with Crippen LogP contribution in [0.2, 0.25) is 0 Å². The highest BCUT2D eigenvalue weighted by atomic mass is 16.5. The third kappa shape index (κ3) is 2.97. The van der Waals surface area contributed by atoms with E-state index in [0.29, 0.717) is 11.7 Å². The van der Waals surface area contributed by atoms with E-state index in [1.54, 1.807) is 13.3 Å². The maximum Gasteiger partial charge on any atom is 0.222 e. The first-order chi connectivity index (χ1) is 12.3. The number of aromatic nitrogens is 4. The highest BCUT2D eigenvalue weighted by Gasteiger charge is 2.22. The monoisotopic (exact) mass is 332 g/mol. The Balaban J connectivity index is 1.95. The van der Waals surface area contributed by atoms with E-state index in [1.807, 2.05) is 37.3 Å². The summed E-state index contributed by atoms with van der Waals surface area (Å²) in [6.45, 7) is 1.98. The Bertz CT molecular complexity index is 923. The molecule has 1 aliphatic carbocycles. The molecule has 126 valence electrons. The minimum absolute atomic E-state index is 0.595. The maximum atomic E-state index is 5.47. The van der Waals surface area contributed by atoms with Crippen molar-refractivity contribution in [2.24, 2.45) is 0 Å². The van der Waals surface area contributed by atoms with Gasteiger partial charge in [0, 0.05) is 23.1 Å². The maximum absolute atomic E-state index is 5.47. The summed E-state index contributed by atoms with van der Waals surface area (Å²) in [6.07, 6.45) is 6.03. The normalized spacial score (nSPS) is 13.4. The van der Waals surface area contributed by atoms with Crippen molar-refractivity contribution in [2.45, 2.75) is 32.6 Å². The van der Waals surface area contributed by atoms with Gasteiger partial charge in [0.1, 0.15) is 5.69 Å². The van der Waals surface area contributed by atoms with Crippen LogP contribution in [-0.2, 0) is 12.8 Å². The van der Waals surface area contributed by atoms with Crippen molar-refractivity contribution in [3.63, 3.8) is 0 Å². The molecule has 25 heavy (non-hydrogen) atoms. The zero-order chi connectivity index (χ0) is 17.2. The minimum Gasteiger partial charge on any atom is -0.481 e. The van der Waals surface area contributed by atoms with Crippen LogP contribution in [0.1, 0.15) is 29.8 Å². The highest BCUT2D eigenvalue weighted by molar-refractivity contribution is 5.71. The molecule has 1 aliphatic rings. The lowest BCUT2D eigenvalue weighted by atomic mass is 9.92. The molecule has 0 bridgehead atoms. The van der Waals surface area contributed by atoms with Crippen LogP contribution in [0.3, 0.4) is 0 Å².